The largest absolute Gasteiger partial charge is 0.435 e. The number of pyridine rings is 1. The van der Waals surface area contributed by atoms with Crippen molar-refractivity contribution in [2.75, 3.05) is 5.73 Å². The summed E-state index contributed by atoms with van der Waals surface area (Å²) >= 11 is 3.32. The van der Waals surface area contributed by atoms with Crippen molar-refractivity contribution in [2.24, 2.45) is 7.05 Å². The highest BCUT2D eigenvalue weighted by Crippen LogP contribution is 2.28. The van der Waals surface area contributed by atoms with Crippen LogP contribution < -0.4 is 10.5 Å². The van der Waals surface area contributed by atoms with Crippen molar-refractivity contribution in [1.82, 2.24) is 14.8 Å². The van der Waals surface area contributed by atoms with Crippen LogP contribution in [0.2, 0.25) is 0 Å². The van der Waals surface area contributed by atoms with E-state index in [0.717, 1.165) is 0 Å². The Bertz CT molecular complexity index is 483. The minimum absolute atomic E-state index is 0.470. The molecule has 0 fully saturated rings. The van der Waals surface area contributed by atoms with Crippen LogP contribution in [0.3, 0.4) is 0 Å². The maximum absolute atomic E-state index is 5.56. The number of hydrogen-bond acceptors (Lipinski definition) is 4. The molecule has 0 aliphatic heterocycles. The first kappa shape index (κ1) is 9.97. The second-order valence-corrected chi connectivity index (χ2v) is 3.86. The van der Waals surface area contributed by atoms with E-state index >= 15 is 0 Å². The molecule has 0 aliphatic carbocycles. The Morgan fingerprint density at radius 3 is 2.87 bits per heavy atom. The van der Waals surface area contributed by atoms with Crippen LogP contribution in [0.4, 0.5) is 5.69 Å². The minimum Gasteiger partial charge on any atom is -0.435 e. The average Bonchev–Trinajstić information content (AvgIpc) is 2.56. The van der Waals surface area contributed by atoms with Gasteiger partial charge < -0.3 is 10.5 Å². The number of ether oxygens (including phenoxy) is 1. The molecule has 2 N–H and O–H groups in total. The van der Waals surface area contributed by atoms with Gasteiger partial charge in [-0.05, 0) is 22.0 Å². The lowest BCUT2D eigenvalue weighted by molar-refractivity contribution is 0.459. The Labute approximate surface area is 95.0 Å². The molecule has 6 heteroatoms. The van der Waals surface area contributed by atoms with Crippen LogP contribution in [-0.4, -0.2) is 14.8 Å². The number of nitrogen functional groups attached to an aromatic ring is 1. The lowest BCUT2D eigenvalue weighted by atomic mass is 10.4. The molecule has 0 spiro atoms. The Kier molecular flexibility index (Phi) is 2.59. The number of halogens is 1. The molecule has 2 aromatic heterocycles. The normalized spacial score (nSPS) is 10.3. The van der Waals surface area contributed by atoms with Gasteiger partial charge in [0.15, 0.2) is 5.75 Å². The van der Waals surface area contributed by atoms with Gasteiger partial charge in [0.2, 0.25) is 5.88 Å². The smallest absolute Gasteiger partial charge is 0.233 e. The van der Waals surface area contributed by atoms with Crippen LogP contribution >= 0.6 is 15.9 Å². The molecular weight excluding hydrogens is 260 g/mol. The maximum atomic E-state index is 5.56. The van der Waals surface area contributed by atoms with Gasteiger partial charge in [-0.15, -0.1) is 0 Å². The van der Waals surface area contributed by atoms with Crippen LogP contribution in [0.15, 0.2) is 29.1 Å². The van der Waals surface area contributed by atoms with Gasteiger partial charge in [0.25, 0.3) is 0 Å². The van der Waals surface area contributed by atoms with Crippen LogP contribution in [0, 0.1) is 0 Å². The number of nitrogens with zero attached hydrogens (tertiary/aromatic N) is 3. The van der Waals surface area contributed by atoms with Crippen molar-refractivity contribution in [3.63, 3.8) is 0 Å². The number of rotatable bonds is 2. The zero-order valence-electron chi connectivity index (χ0n) is 8.01. The predicted molar refractivity (Wildman–Crippen MR) is 59.6 cm³/mol. The fourth-order valence-corrected chi connectivity index (χ4v) is 1.53. The maximum Gasteiger partial charge on any atom is 0.233 e. The summed E-state index contributed by atoms with van der Waals surface area (Å²) in [5, 5.41) is 3.98. The van der Waals surface area contributed by atoms with E-state index < -0.39 is 0 Å². The van der Waals surface area contributed by atoms with E-state index in [9.17, 15) is 0 Å². The molecule has 0 radical (unpaired) electrons. The molecule has 2 heterocycles. The first-order chi connectivity index (χ1) is 7.15. The molecule has 78 valence electrons. The summed E-state index contributed by atoms with van der Waals surface area (Å²) in [5.41, 5.74) is 6.14. The van der Waals surface area contributed by atoms with Crippen molar-refractivity contribution in [2.45, 2.75) is 0 Å². The molecule has 2 aromatic rings. The lowest BCUT2D eigenvalue weighted by Gasteiger charge is -2.03. The van der Waals surface area contributed by atoms with Crippen molar-refractivity contribution in [3.8, 4) is 11.6 Å². The first-order valence-corrected chi connectivity index (χ1v) is 5.02. The van der Waals surface area contributed by atoms with E-state index in [0.29, 0.717) is 21.8 Å². The highest BCUT2D eigenvalue weighted by atomic mass is 79.9. The van der Waals surface area contributed by atoms with E-state index in [2.05, 4.69) is 26.0 Å². The molecule has 2 rings (SSSR count). The molecule has 0 aromatic carbocycles. The second-order valence-electron chi connectivity index (χ2n) is 3.01. The Morgan fingerprint density at radius 1 is 1.47 bits per heavy atom. The molecular formula is C9H9BrN4O. The fraction of sp³-hybridized carbons (Fsp3) is 0.111. The Hall–Kier alpha value is -1.56. The van der Waals surface area contributed by atoms with Gasteiger partial charge in [0.05, 0.1) is 28.8 Å². The quantitative estimate of drug-likeness (QED) is 0.904. The van der Waals surface area contributed by atoms with Gasteiger partial charge >= 0.3 is 0 Å². The Morgan fingerprint density at radius 2 is 2.27 bits per heavy atom. The average molecular weight is 269 g/mol. The van der Waals surface area contributed by atoms with Crippen molar-refractivity contribution in [1.29, 1.82) is 0 Å². The predicted octanol–water partition coefficient (Wildman–Crippen LogP) is 1.95. The summed E-state index contributed by atoms with van der Waals surface area (Å²) < 4.78 is 7.86. The zero-order chi connectivity index (χ0) is 10.8. The number of aromatic nitrogens is 3. The van der Waals surface area contributed by atoms with E-state index in [1.54, 1.807) is 23.1 Å². The minimum atomic E-state index is 0.470. The van der Waals surface area contributed by atoms with Gasteiger partial charge in [-0.2, -0.15) is 5.10 Å². The third-order valence-corrected chi connectivity index (χ3v) is 2.29. The van der Waals surface area contributed by atoms with E-state index in [4.69, 9.17) is 10.5 Å². The molecule has 0 atom stereocenters. The number of anilines is 1. The van der Waals surface area contributed by atoms with Crippen molar-refractivity contribution in [3.05, 3.63) is 29.1 Å². The SMILES string of the molecule is Cn1cc(Oc2ncc(N)cc2Br)cn1. The van der Waals surface area contributed by atoms with Gasteiger partial charge in [-0.1, -0.05) is 0 Å². The molecule has 15 heavy (non-hydrogen) atoms. The van der Waals surface area contributed by atoms with Crippen LogP contribution in [0.25, 0.3) is 0 Å². The molecule has 0 amide bonds. The standard InChI is InChI=1S/C9H9BrN4O/c1-14-5-7(4-13-14)15-9-8(10)2-6(11)3-12-9/h2-5H,11H2,1H3. The summed E-state index contributed by atoms with van der Waals surface area (Å²) in [6.07, 6.45) is 4.91. The van der Waals surface area contributed by atoms with E-state index in [1.165, 1.54) is 6.20 Å². The number of nitrogens with two attached hydrogens (primary N) is 1. The number of hydrogen-bond donors (Lipinski definition) is 1. The van der Waals surface area contributed by atoms with Gasteiger partial charge in [-0.3, -0.25) is 4.68 Å². The zero-order valence-corrected chi connectivity index (χ0v) is 9.60. The summed E-state index contributed by atoms with van der Waals surface area (Å²) in [7, 11) is 1.82. The highest BCUT2D eigenvalue weighted by molar-refractivity contribution is 9.10. The second kappa shape index (κ2) is 3.90. The number of aryl methyl sites for hydroxylation is 1. The summed E-state index contributed by atoms with van der Waals surface area (Å²) in [4.78, 5) is 4.05. The van der Waals surface area contributed by atoms with Gasteiger partial charge in [0.1, 0.15) is 0 Å². The molecule has 0 aliphatic rings. The van der Waals surface area contributed by atoms with Gasteiger partial charge in [0, 0.05) is 7.05 Å². The molecule has 0 saturated carbocycles. The summed E-state index contributed by atoms with van der Waals surface area (Å²) in [6.45, 7) is 0. The van der Waals surface area contributed by atoms with Crippen LogP contribution in [0.5, 0.6) is 11.6 Å². The molecule has 5 nitrogen and oxygen atoms in total. The highest BCUT2D eigenvalue weighted by Gasteiger charge is 2.05. The Balaban J connectivity index is 2.24. The summed E-state index contributed by atoms with van der Waals surface area (Å²) in [6, 6.07) is 1.73. The molecule has 0 bridgehead atoms. The summed E-state index contributed by atoms with van der Waals surface area (Å²) in [5.74, 6) is 1.10. The monoisotopic (exact) mass is 268 g/mol. The van der Waals surface area contributed by atoms with Crippen molar-refractivity contribution < 1.29 is 4.74 Å². The van der Waals surface area contributed by atoms with Crippen molar-refractivity contribution >= 4 is 21.6 Å². The topological polar surface area (TPSA) is 66.0 Å². The van der Waals surface area contributed by atoms with Gasteiger partial charge in [-0.25, -0.2) is 4.98 Å². The molecule has 0 saturated heterocycles. The van der Waals surface area contributed by atoms with E-state index in [1.807, 2.05) is 7.05 Å². The van der Waals surface area contributed by atoms with Crippen LogP contribution in [-0.2, 0) is 7.05 Å². The van der Waals surface area contributed by atoms with Crippen LogP contribution in [0.1, 0.15) is 0 Å². The first-order valence-electron chi connectivity index (χ1n) is 4.22. The third kappa shape index (κ3) is 2.27. The fourth-order valence-electron chi connectivity index (χ4n) is 1.08. The lowest BCUT2D eigenvalue weighted by Crippen LogP contribution is -1.91. The van der Waals surface area contributed by atoms with E-state index in [-0.39, 0.29) is 0 Å². The molecule has 0 unspecified atom stereocenters. The third-order valence-electron chi connectivity index (χ3n) is 1.72.